The first-order chi connectivity index (χ1) is 27.4. The molecule has 0 saturated heterocycles. The molecule has 0 atom stereocenters. The minimum Gasteiger partial charge on any atom is -0.456 e. The lowest BCUT2D eigenvalue weighted by Gasteiger charge is -2.12. The van der Waals surface area contributed by atoms with Crippen LogP contribution in [0.4, 0.5) is 0 Å². The van der Waals surface area contributed by atoms with Gasteiger partial charge in [0.2, 0.25) is 5.95 Å². The molecule has 0 spiro atoms. The van der Waals surface area contributed by atoms with E-state index in [1.54, 1.807) is 0 Å². The number of aromatic nitrogens is 5. The summed E-state index contributed by atoms with van der Waals surface area (Å²) in [6.07, 6.45) is 0. The van der Waals surface area contributed by atoms with Crippen LogP contribution in [0, 0.1) is 0 Å². The van der Waals surface area contributed by atoms with Crippen molar-refractivity contribution in [1.29, 1.82) is 0 Å². The Bertz CT molecular complexity index is 3410. The molecule has 0 amide bonds. The molecule has 238 valence electrons. The van der Waals surface area contributed by atoms with Crippen molar-refractivity contribution in [3.05, 3.63) is 164 Å². The van der Waals surface area contributed by atoms with Gasteiger partial charge in [0, 0.05) is 49.1 Å². The van der Waals surface area contributed by atoms with Gasteiger partial charge in [-0.2, -0.15) is 9.97 Å². The normalized spacial score (nSPS) is 13.3. The molecule has 0 aliphatic carbocycles. The molecule has 0 radical (unpaired) electrons. The molecule has 6 nitrogen and oxygen atoms in total. The highest BCUT2D eigenvalue weighted by molar-refractivity contribution is 6.26. The van der Waals surface area contributed by atoms with Crippen molar-refractivity contribution >= 4 is 65.6 Å². The topological polar surface area (TPSA) is 61.7 Å². The van der Waals surface area contributed by atoms with Gasteiger partial charge in [0.15, 0.2) is 11.6 Å². The highest BCUT2D eigenvalue weighted by Gasteiger charge is 2.23. The van der Waals surface area contributed by atoms with E-state index in [-0.39, 0.29) is 17.8 Å². The molecule has 0 unspecified atom stereocenters. The molecule has 0 aliphatic heterocycles. The summed E-state index contributed by atoms with van der Waals surface area (Å²) in [5.74, 6) is 1.37. The number of fused-ring (bicyclic) bond motifs is 10. The number of rotatable bonds is 4. The summed E-state index contributed by atoms with van der Waals surface area (Å²) in [6, 6.07) is 41.7. The van der Waals surface area contributed by atoms with Crippen LogP contribution < -0.4 is 0 Å². The molecular formula is C45H27N5O. The van der Waals surface area contributed by atoms with Crippen molar-refractivity contribution in [3.8, 4) is 34.4 Å². The standard InChI is InChI=1S/C45H27N5O/c1-3-14-28(15-4-1)43-46-44(34-21-13-25-39-40(34)33-20-9-12-24-38(33)51-39)48-45(47-43)50-36-23-11-8-19-32(36)41-37(50)27-26-31-30-18-7-10-22-35(30)49(42(31)41)29-16-5-2-6-17-29/h1-27H/i2D,5D,6D,16D,17D. The lowest BCUT2D eigenvalue weighted by atomic mass is 10.1. The first-order valence-electron chi connectivity index (χ1n) is 19.1. The quantitative estimate of drug-likeness (QED) is 0.189. The molecule has 11 rings (SSSR count). The third-order valence-corrected chi connectivity index (χ3v) is 9.68. The molecule has 0 bridgehead atoms. The molecule has 4 heterocycles. The summed E-state index contributed by atoms with van der Waals surface area (Å²) in [4.78, 5) is 15.5. The summed E-state index contributed by atoms with van der Waals surface area (Å²) < 4.78 is 53.7. The van der Waals surface area contributed by atoms with E-state index < -0.39 is 18.1 Å². The fourth-order valence-electron chi connectivity index (χ4n) is 7.57. The second-order valence-electron chi connectivity index (χ2n) is 12.5. The molecule has 51 heavy (non-hydrogen) atoms. The average molecular weight is 659 g/mol. The van der Waals surface area contributed by atoms with Gasteiger partial charge in [0.25, 0.3) is 0 Å². The second-order valence-corrected chi connectivity index (χ2v) is 12.5. The van der Waals surface area contributed by atoms with Gasteiger partial charge in [-0.3, -0.25) is 4.57 Å². The van der Waals surface area contributed by atoms with Crippen LogP contribution in [0.2, 0.25) is 0 Å². The molecule has 0 saturated carbocycles. The van der Waals surface area contributed by atoms with Crippen LogP contribution >= 0.6 is 0 Å². The van der Waals surface area contributed by atoms with E-state index in [0.29, 0.717) is 23.1 Å². The van der Waals surface area contributed by atoms with Crippen molar-refractivity contribution in [2.24, 2.45) is 0 Å². The van der Waals surface area contributed by atoms with Crippen molar-refractivity contribution in [3.63, 3.8) is 0 Å². The average Bonchev–Trinajstić information content (AvgIpc) is 3.90. The zero-order chi connectivity index (χ0) is 37.8. The van der Waals surface area contributed by atoms with Gasteiger partial charge in [0.1, 0.15) is 11.2 Å². The van der Waals surface area contributed by atoms with Gasteiger partial charge in [-0.15, -0.1) is 0 Å². The summed E-state index contributed by atoms with van der Waals surface area (Å²) in [6.45, 7) is 0. The summed E-state index contributed by atoms with van der Waals surface area (Å²) >= 11 is 0. The van der Waals surface area contributed by atoms with Crippen LogP contribution in [0.3, 0.4) is 0 Å². The van der Waals surface area contributed by atoms with Crippen LogP contribution in [0.1, 0.15) is 6.85 Å². The first-order valence-corrected chi connectivity index (χ1v) is 16.6. The van der Waals surface area contributed by atoms with E-state index >= 15 is 0 Å². The molecule has 6 heteroatoms. The lowest BCUT2D eigenvalue weighted by molar-refractivity contribution is 0.669. The van der Waals surface area contributed by atoms with Crippen molar-refractivity contribution < 1.29 is 11.3 Å². The van der Waals surface area contributed by atoms with Crippen LogP contribution in [-0.2, 0) is 0 Å². The Morgan fingerprint density at radius 2 is 1.16 bits per heavy atom. The molecule has 0 fully saturated rings. The minimum atomic E-state index is -0.440. The van der Waals surface area contributed by atoms with E-state index in [1.807, 2.05) is 143 Å². The number of nitrogens with zero attached hydrogens (tertiary/aromatic N) is 5. The minimum absolute atomic E-state index is 0.0841. The van der Waals surface area contributed by atoms with Gasteiger partial charge in [-0.05, 0) is 42.4 Å². The lowest BCUT2D eigenvalue weighted by Crippen LogP contribution is -2.06. The monoisotopic (exact) mass is 658 g/mol. The van der Waals surface area contributed by atoms with Crippen LogP contribution in [0.25, 0.3) is 100.0 Å². The number of benzene rings is 7. The summed E-state index contributed by atoms with van der Waals surface area (Å²) in [7, 11) is 0. The number of hydrogen-bond donors (Lipinski definition) is 0. The zero-order valence-corrected chi connectivity index (χ0v) is 26.8. The van der Waals surface area contributed by atoms with Gasteiger partial charge in [-0.1, -0.05) is 121 Å². The largest absolute Gasteiger partial charge is 0.456 e. The summed E-state index contributed by atoms with van der Waals surface area (Å²) in [5.41, 5.74) is 6.25. The third kappa shape index (κ3) is 4.07. The van der Waals surface area contributed by atoms with E-state index in [1.165, 1.54) is 0 Å². The Balaban J connectivity index is 1.28. The Labute approximate surface area is 298 Å². The predicted molar refractivity (Wildman–Crippen MR) is 207 cm³/mol. The van der Waals surface area contributed by atoms with Gasteiger partial charge in [0.05, 0.1) is 28.9 Å². The maximum atomic E-state index is 9.05. The first kappa shape index (κ1) is 23.3. The predicted octanol–water partition coefficient (Wildman–Crippen LogP) is 11.3. The second kappa shape index (κ2) is 10.7. The van der Waals surface area contributed by atoms with Crippen LogP contribution in [0.15, 0.2) is 168 Å². The number of para-hydroxylation sites is 4. The fraction of sp³-hybridized carbons (Fsp3) is 0. The van der Waals surface area contributed by atoms with Gasteiger partial charge >= 0.3 is 0 Å². The van der Waals surface area contributed by atoms with E-state index in [4.69, 9.17) is 26.2 Å². The molecule has 0 N–H and O–H groups in total. The zero-order valence-electron chi connectivity index (χ0n) is 31.8. The van der Waals surface area contributed by atoms with Crippen molar-refractivity contribution in [2.45, 2.75) is 0 Å². The molecule has 4 aromatic heterocycles. The molecular weight excluding hydrogens is 627 g/mol. The van der Waals surface area contributed by atoms with Crippen LogP contribution in [0.5, 0.6) is 0 Å². The van der Waals surface area contributed by atoms with Gasteiger partial charge < -0.3 is 8.98 Å². The molecule has 0 aliphatic rings. The molecule has 7 aromatic carbocycles. The fourth-order valence-corrected chi connectivity index (χ4v) is 7.57. The maximum absolute atomic E-state index is 9.05. The highest BCUT2D eigenvalue weighted by Crippen LogP contribution is 2.42. The van der Waals surface area contributed by atoms with E-state index in [0.717, 1.165) is 71.2 Å². The Hall–Kier alpha value is -7.05. The maximum Gasteiger partial charge on any atom is 0.238 e. The van der Waals surface area contributed by atoms with Gasteiger partial charge in [-0.25, -0.2) is 4.98 Å². The smallest absolute Gasteiger partial charge is 0.238 e. The molecule has 11 aromatic rings. The van der Waals surface area contributed by atoms with Crippen LogP contribution in [-0.4, -0.2) is 24.1 Å². The Morgan fingerprint density at radius 3 is 2.00 bits per heavy atom. The highest BCUT2D eigenvalue weighted by atomic mass is 16.3. The number of hydrogen-bond acceptors (Lipinski definition) is 4. The van der Waals surface area contributed by atoms with Crippen molar-refractivity contribution in [1.82, 2.24) is 24.1 Å². The van der Waals surface area contributed by atoms with Crippen molar-refractivity contribution in [2.75, 3.05) is 0 Å². The Kier molecular flexibility index (Phi) is 4.91. The van der Waals surface area contributed by atoms with E-state index in [9.17, 15) is 0 Å². The summed E-state index contributed by atoms with van der Waals surface area (Å²) in [5, 5.41) is 5.35. The Morgan fingerprint density at radius 1 is 0.471 bits per heavy atom. The third-order valence-electron chi connectivity index (χ3n) is 9.68. The van der Waals surface area contributed by atoms with E-state index in [2.05, 4.69) is 0 Å². The SMILES string of the molecule is [2H]c1c([2H])c([2H])c(-n2c3ccccc3c3ccc4c(c5ccccc5n4-c4nc(-c5ccccc5)nc(-c5cccc6oc7ccccc7c56)n4)c32)c([2H])c1[2H]. The number of furan rings is 1.